The second-order valence-electron chi connectivity index (χ2n) is 10.3. The SMILES string of the molecule is Cc1cc(Cl)cc(-c2ccnc3cc(Cn4c(=O)ccn(CC(F)(F)F)c4=O)sc23)c1O[C@@H]1CCCC[C@@]1(C)F. The fourth-order valence-electron chi connectivity index (χ4n) is 5.12. The summed E-state index contributed by atoms with van der Waals surface area (Å²) in [7, 11) is 0. The maximum absolute atomic E-state index is 15.3. The van der Waals surface area contributed by atoms with Gasteiger partial charge in [-0.1, -0.05) is 11.6 Å². The number of fused-ring (bicyclic) bond motifs is 1. The summed E-state index contributed by atoms with van der Waals surface area (Å²) in [6.07, 6.45) is -0.139. The van der Waals surface area contributed by atoms with Crippen molar-refractivity contribution < 1.29 is 22.3 Å². The van der Waals surface area contributed by atoms with E-state index in [-0.39, 0.29) is 6.54 Å². The highest BCUT2D eigenvalue weighted by Crippen LogP contribution is 2.44. The number of alkyl halides is 4. The Labute approximate surface area is 235 Å². The number of thiophene rings is 1. The van der Waals surface area contributed by atoms with Crippen molar-refractivity contribution in [1.29, 1.82) is 0 Å². The molecule has 0 aliphatic heterocycles. The van der Waals surface area contributed by atoms with E-state index in [2.05, 4.69) is 4.98 Å². The van der Waals surface area contributed by atoms with Gasteiger partial charge in [-0.25, -0.2) is 9.18 Å². The van der Waals surface area contributed by atoms with E-state index in [1.54, 1.807) is 37.4 Å². The van der Waals surface area contributed by atoms with E-state index < -0.39 is 35.7 Å². The zero-order valence-corrected chi connectivity index (χ0v) is 23.3. The van der Waals surface area contributed by atoms with E-state index in [1.165, 1.54) is 11.3 Å². The number of nitrogens with zero attached hydrogens (tertiary/aromatic N) is 3. The third kappa shape index (κ3) is 5.81. The van der Waals surface area contributed by atoms with Gasteiger partial charge in [0, 0.05) is 39.5 Å². The Morgan fingerprint density at radius 2 is 1.95 bits per heavy atom. The lowest BCUT2D eigenvalue weighted by Gasteiger charge is -2.35. The van der Waals surface area contributed by atoms with Crippen molar-refractivity contribution in [2.24, 2.45) is 0 Å². The Morgan fingerprint density at radius 1 is 1.18 bits per heavy atom. The quantitative estimate of drug-likeness (QED) is 0.227. The number of benzene rings is 1. The van der Waals surface area contributed by atoms with Crippen LogP contribution in [0.5, 0.6) is 5.75 Å². The molecule has 40 heavy (non-hydrogen) atoms. The second-order valence-corrected chi connectivity index (χ2v) is 11.9. The molecule has 0 N–H and O–H groups in total. The maximum Gasteiger partial charge on any atom is 0.406 e. The molecule has 0 bridgehead atoms. The van der Waals surface area contributed by atoms with Crippen LogP contribution in [0.1, 0.15) is 43.0 Å². The van der Waals surface area contributed by atoms with E-state index >= 15 is 4.39 Å². The molecule has 1 aromatic carbocycles. The number of aromatic nitrogens is 3. The Balaban J connectivity index is 1.56. The van der Waals surface area contributed by atoms with Gasteiger partial charge in [0.1, 0.15) is 24.1 Å². The molecule has 12 heteroatoms. The van der Waals surface area contributed by atoms with E-state index in [0.29, 0.717) is 54.4 Å². The van der Waals surface area contributed by atoms with Gasteiger partial charge in [-0.2, -0.15) is 13.2 Å². The molecule has 6 nitrogen and oxygen atoms in total. The number of aryl methyl sites for hydroxylation is 1. The molecule has 0 unspecified atom stereocenters. The van der Waals surface area contributed by atoms with Crippen molar-refractivity contribution in [1.82, 2.24) is 14.1 Å². The summed E-state index contributed by atoms with van der Waals surface area (Å²) in [5.41, 5.74) is -0.576. The van der Waals surface area contributed by atoms with E-state index in [9.17, 15) is 22.8 Å². The molecule has 3 heterocycles. The molecule has 1 aliphatic rings. The van der Waals surface area contributed by atoms with Crippen LogP contribution in [-0.2, 0) is 13.1 Å². The first-order chi connectivity index (χ1) is 18.8. The Bertz CT molecular complexity index is 1690. The summed E-state index contributed by atoms with van der Waals surface area (Å²) in [6, 6.07) is 7.90. The minimum absolute atomic E-state index is 0.225. The van der Waals surface area contributed by atoms with Crippen molar-refractivity contribution in [2.45, 2.75) is 70.6 Å². The summed E-state index contributed by atoms with van der Waals surface area (Å²) in [5, 5.41) is 0.467. The molecule has 212 valence electrons. The summed E-state index contributed by atoms with van der Waals surface area (Å²) in [6.45, 7) is 1.68. The van der Waals surface area contributed by atoms with Gasteiger partial charge in [-0.05, 0) is 69.4 Å². The van der Waals surface area contributed by atoms with Crippen molar-refractivity contribution in [3.05, 3.63) is 79.0 Å². The van der Waals surface area contributed by atoms with Crippen LogP contribution < -0.4 is 16.0 Å². The van der Waals surface area contributed by atoms with Gasteiger partial charge in [0.15, 0.2) is 0 Å². The van der Waals surface area contributed by atoms with Gasteiger partial charge in [-0.15, -0.1) is 11.3 Å². The highest BCUT2D eigenvalue weighted by molar-refractivity contribution is 7.19. The van der Waals surface area contributed by atoms with Gasteiger partial charge < -0.3 is 4.74 Å². The van der Waals surface area contributed by atoms with E-state index in [4.69, 9.17) is 16.3 Å². The molecule has 0 radical (unpaired) electrons. The average molecular weight is 596 g/mol. The molecule has 3 aromatic heterocycles. The average Bonchev–Trinajstić information content (AvgIpc) is 3.28. The molecule has 0 spiro atoms. The minimum atomic E-state index is -4.62. The second kappa shape index (κ2) is 10.7. The lowest BCUT2D eigenvalue weighted by molar-refractivity contribution is -0.141. The van der Waals surface area contributed by atoms with Gasteiger partial charge in [0.05, 0.1) is 16.8 Å². The topological polar surface area (TPSA) is 66.1 Å². The predicted molar refractivity (Wildman–Crippen MR) is 147 cm³/mol. The van der Waals surface area contributed by atoms with Crippen LogP contribution in [0.15, 0.2) is 52.3 Å². The van der Waals surface area contributed by atoms with E-state index in [1.807, 2.05) is 6.92 Å². The fraction of sp³-hybridized carbons (Fsp3) is 0.393. The molecule has 4 aromatic rings. The number of pyridine rings is 1. The molecule has 2 atom stereocenters. The molecular weight excluding hydrogens is 570 g/mol. The normalized spacial score (nSPS) is 19.7. The number of hydrogen-bond acceptors (Lipinski definition) is 5. The first kappa shape index (κ1) is 28.4. The zero-order valence-electron chi connectivity index (χ0n) is 21.7. The Kier molecular flexibility index (Phi) is 7.56. The summed E-state index contributed by atoms with van der Waals surface area (Å²) < 4.78 is 62.3. The third-order valence-corrected chi connectivity index (χ3v) is 8.47. The lowest BCUT2D eigenvalue weighted by atomic mass is 9.85. The number of hydrogen-bond donors (Lipinski definition) is 0. The van der Waals surface area contributed by atoms with Crippen LogP contribution in [-0.4, -0.2) is 32.1 Å². The molecule has 0 amide bonds. The van der Waals surface area contributed by atoms with E-state index in [0.717, 1.165) is 35.2 Å². The van der Waals surface area contributed by atoms with Gasteiger partial charge >= 0.3 is 11.9 Å². The van der Waals surface area contributed by atoms with Gasteiger partial charge in [-0.3, -0.25) is 18.9 Å². The summed E-state index contributed by atoms with van der Waals surface area (Å²) in [4.78, 5) is 30.1. The first-order valence-electron chi connectivity index (χ1n) is 12.7. The monoisotopic (exact) mass is 595 g/mol. The van der Waals surface area contributed by atoms with Crippen LogP contribution in [0.25, 0.3) is 21.3 Å². The van der Waals surface area contributed by atoms with Crippen LogP contribution in [0.4, 0.5) is 17.6 Å². The minimum Gasteiger partial charge on any atom is -0.486 e. The molecule has 5 rings (SSSR count). The molecule has 1 fully saturated rings. The highest BCUT2D eigenvalue weighted by Gasteiger charge is 2.39. The van der Waals surface area contributed by atoms with Crippen LogP contribution in [0.2, 0.25) is 5.02 Å². The molecule has 0 saturated heterocycles. The smallest absolute Gasteiger partial charge is 0.406 e. The molecule has 1 aliphatic carbocycles. The summed E-state index contributed by atoms with van der Waals surface area (Å²) in [5.74, 6) is 0.511. The van der Waals surface area contributed by atoms with Crippen molar-refractivity contribution in [2.75, 3.05) is 0 Å². The van der Waals surface area contributed by atoms with Crippen molar-refractivity contribution in [3.63, 3.8) is 0 Å². The predicted octanol–water partition coefficient (Wildman–Crippen LogP) is 6.91. The fourth-order valence-corrected chi connectivity index (χ4v) is 6.53. The largest absolute Gasteiger partial charge is 0.486 e. The standard InChI is InChI=1S/C28H26ClF4N3O3S/c1-16-11-17(29)12-20(24(16)39-22-5-3-4-8-27(22,2)30)19-6-9-34-21-13-18(40-25(19)21)14-36-23(37)7-10-35(26(36)38)15-28(31,32)33/h6-7,9-13,22H,3-5,8,14-15H2,1-2H3/t22-,27-/m1/s1. The molecule has 1 saturated carbocycles. The molecular formula is C28H26ClF4N3O3S. The lowest BCUT2D eigenvalue weighted by Crippen LogP contribution is -2.42. The maximum atomic E-state index is 15.3. The summed E-state index contributed by atoms with van der Waals surface area (Å²) >= 11 is 7.68. The third-order valence-electron chi connectivity index (χ3n) is 7.11. The van der Waals surface area contributed by atoms with Crippen molar-refractivity contribution >= 4 is 33.2 Å². The number of ether oxygens (including phenoxy) is 1. The first-order valence-corrected chi connectivity index (χ1v) is 13.9. The van der Waals surface area contributed by atoms with Crippen LogP contribution >= 0.6 is 22.9 Å². The van der Waals surface area contributed by atoms with Gasteiger partial charge in [0.2, 0.25) is 0 Å². The Morgan fingerprint density at radius 3 is 2.67 bits per heavy atom. The highest BCUT2D eigenvalue weighted by atomic mass is 35.5. The van der Waals surface area contributed by atoms with Crippen LogP contribution in [0.3, 0.4) is 0 Å². The number of halogens is 5. The van der Waals surface area contributed by atoms with Crippen molar-refractivity contribution in [3.8, 4) is 16.9 Å². The van der Waals surface area contributed by atoms with Gasteiger partial charge in [0.25, 0.3) is 5.56 Å². The van der Waals surface area contributed by atoms with Crippen LogP contribution in [0, 0.1) is 6.92 Å². The zero-order chi connectivity index (χ0) is 28.8. The Hall–Kier alpha value is -3.18. The number of rotatable bonds is 6.